The lowest BCUT2D eigenvalue weighted by Crippen LogP contribution is -2.20. The molecule has 32 heavy (non-hydrogen) atoms. The Hall–Kier alpha value is -3.02. The maximum Gasteiger partial charge on any atom is 0.259 e. The molecule has 0 aliphatic rings. The van der Waals surface area contributed by atoms with Crippen molar-refractivity contribution in [3.05, 3.63) is 80.2 Å². The third-order valence-electron chi connectivity index (χ3n) is 5.64. The summed E-state index contributed by atoms with van der Waals surface area (Å²) in [6, 6.07) is 12.6. The Kier molecular flexibility index (Phi) is 5.65. The molecule has 0 aliphatic heterocycles. The summed E-state index contributed by atoms with van der Waals surface area (Å²) in [5.74, 6) is -0.0385. The third kappa shape index (κ3) is 3.61. The van der Waals surface area contributed by atoms with Gasteiger partial charge in [-0.1, -0.05) is 29.3 Å². The Morgan fingerprint density at radius 3 is 2.31 bits per heavy atom. The predicted octanol–water partition coefficient (Wildman–Crippen LogP) is 5.65. The Bertz CT molecular complexity index is 1490. The first-order valence-corrected chi connectivity index (χ1v) is 10.8. The summed E-state index contributed by atoms with van der Waals surface area (Å²) in [7, 11) is 7.42. The fraction of sp³-hybridized carbons (Fsp3) is 0.200. The van der Waals surface area contributed by atoms with Gasteiger partial charge in [-0.2, -0.15) is 0 Å². The summed E-state index contributed by atoms with van der Waals surface area (Å²) in [5.41, 5.74) is 3.89. The molecule has 0 aliphatic carbocycles. The van der Waals surface area contributed by atoms with Crippen molar-refractivity contribution in [2.75, 3.05) is 14.1 Å². The van der Waals surface area contributed by atoms with E-state index in [-0.39, 0.29) is 11.3 Å². The van der Waals surface area contributed by atoms with Gasteiger partial charge in [0.1, 0.15) is 5.65 Å². The molecule has 0 saturated carbocycles. The average Bonchev–Trinajstić information content (AvgIpc) is 3.01. The van der Waals surface area contributed by atoms with Crippen LogP contribution in [-0.4, -0.2) is 33.9 Å². The van der Waals surface area contributed by atoms with Gasteiger partial charge in [0.25, 0.3) is 5.56 Å². The van der Waals surface area contributed by atoms with E-state index < -0.39 is 0 Å². The number of nitrogens with zero attached hydrogens (tertiary/aromatic N) is 3. The first kappa shape index (κ1) is 22.2. The summed E-state index contributed by atoms with van der Waals surface area (Å²) in [6.07, 6.45) is 1.81. The van der Waals surface area contributed by atoms with Crippen LogP contribution < -0.4 is 5.56 Å². The standard InChI is InChI=1S/C25H23Cl2N3O2/c1-14(13-28(2)3)23(31)15-6-9-22-18(10-15)19-12-20(17-8-7-16(26)11-21(17)27)25(32)30(5)24(19)29(22)4/h6-13H,1-5H3/b14-13+. The van der Waals surface area contributed by atoms with Gasteiger partial charge in [-0.05, 0) is 43.3 Å². The van der Waals surface area contributed by atoms with Crippen LogP contribution in [0.1, 0.15) is 17.3 Å². The summed E-state index contributed by atoms with van der Waals surface area (Å²) in [6.45, 7) is 1.81. The van der Waals surface area contributed by atoms with Gasteiger partial charge in [-0.15, -0.1) is 0 Å². The Balaban J connectivity index is 2.02. The number of ketones is 1. The number of pyridine rings is 1. The molecule has 0 spiro atoms. The zero-order valence-electron chi connectivity index (χ0n) is 18.5. The molecule has 0 amide bonds. The third-order valence-corrected chi connectivity index (χ3v) is 6.19. The topological polar surface area (TPSA) is 47.2 Å². The number of hydrogen-bond donors (Lipinski definition) is 0. The van der Waals surface area contributed by atoms with Crippen molar-refractivity contribution in [3.8, 4) is 11.1 Å². The molecule has 0 N–H and O–H groups in total. The van der Waals surface area contributed by atoms with Crippen molar-refractivity contribution in [2.24, 2.45) is 14.1 Å². The normalized spacial score (nSPS) is 12.0. The molecule has 4 rings (SSSR count). The van der Waals surface area contributed by atoms with E-state index in [9.17, 15) is 9.59 Å². The highest BCUT2D eigenvalue weighted by molar-refractivity contribution is 6.36. The van der Waals surface area contributed by atoms with E-state index in [0.717, 1.165) is 21.9 Å². The Labute approximate surface area is 196 Å². The Morgan fingerprint density at radius 2 is 1.66 bits per heavy atom. The lowest BCUT2D eigenvalue weighted by atomic mass is 10.0. The second-order valence-corrected chi connectivity index (χ2v) is 9.02. The molecule has 2 aromatic carbocycles. The van der Waals surface area contributed by atoms with Crippen LogP contribution >= 0.6 is 23.2 Å². The number of benzene rings is 2. The summed E-state index contributed by atoms with van der Waals surface area (Å²) in [4.78, 5) is 28.0. The number of aromatic nitrogens is 2. The van der Waals surface area contributed by atoms with Crippen LogP contribution in [-0.2, 0) is 14.1 Å². The number of carbonyl (C=O) groups is 1. The molecule has 7 heteroatoms. The predicted molar refractivity (Wildman–Crippen MR) is 133 cm³/mol. The second kappa shape index (κ2) is 8.15. The number of Topliss-reactive ketones (excluding diaryl/α,β-unsaturated/α-hetero) is 1. The fourth-order valence-corrected chi connectivity index (χ4v) is 4.72. The monoisotopic (exact) mass is 467 g/mol. The van der Waals surface area contributed by atoms with Crippen molar-refractivity contribution < 1.29 is 4.79 Å². The molecule has 0 radical (unpaired) electrons. The SMILES string of the molecule is C/C(=C\N(C)C)C(=O)c1ccc2c(c1)c1cc(-c3ccc(Cl)cc3Cl)c(=O)n(C)c1n2C. The Morgan fingerprint density at radius 1 is 0.938 bits per heavy atom. The maximum atomic E-state index is 13.2. The second-order valence-electron chi connectivity index (χ2n) is 8.18. The van der Waals surface area contributed by atoms with Crippen molar-refractivity contribution in [1.29, 1.82) is 0 Å². The number of allylic oxidation sites excluding steroid dienone is 1. The largest absolute Gasteiger partial charge is 0.383 e. The van der Waals surface area contributed by atoms with Crippen molar-refractivity contribution >= 4 is 50.9 Å². The van der Waals surface area contributed by atoms with Crippen molar-refractivity contribution in [1.82, 2.24) is 14.0 Å². The van der Waals surface area contributed by atoms with Gasteiger partial charge in [0.05, 0.1) is 10.5 Å². The molecule has 0 fully saturated rings. The van der Waals surface area contributed by atoms with E-state index >= 15 is 0 Å². The molecule has 0 atom stereocenters. The minimum atomic E-state index is -0.159. The molecule has 0 unspecified atom stereocenters. The van der Waals surface area contributed by atoms with Gasteiger partial charge >= 0.3 is 0 Å². The van der Waals surface area contributed by atoms with E-state index in [0.29, 0.717) is 32.3 Å². The lowest BCUT2D eigenvalue weighted by Gasteiger charge is -2.09. The highest BCUT2D eigenvalue weighted by Gasteiger charge is 2.19. The first-order chi connectivity index (χ1) is 15.1. The average molecular weight is 468 g/mol. The number of halogens is 2. The van der Waals surface area contributed by atoms with Gasteiger partial charge in [0.15, 0.2) is 5.78 Å². The van der Waals surface area contributed by atoms with E-state index in [2.05, 4.69) is 0 Å². The van der Waals surface area contributed by atoms with Crippen molar-refractivity contribution in [2.45, 2.75) is 6.92 Å². The minimum absolute atomic E-state index is 0.0385. The first-order valence-electron chi connectivity index (χ1n) is 10.1. The van der Waals surface area contributed by atoms with E-state index in [1.807, 2.05) is 54.9 Å². The van der Waals surface area contributed by atoms with E-state index in [1.165, 1.54) is 0 Å². The van der Waals surface area contributed by atoms with Gasteiger partial charge in [0, 0.05) is 72.4 Å². The molecule has 2 aromatic heterocycles. The molecule has 0 bridgehead atoms. The molecular weight excluding hydrogens is 445 g/mol. The smallest absolute Gasteiger partial charge is 0.259 e. The maximum absolute atomic E-state index is 13.2. The molecular formula is C25H23Cl2N3O2. The summed E-state index contributed by atoms with van der Waals surface area (Å²) >= 11 is 12.5. The molecule has 164 valence electrons. The van der Waals surface area contributed by atoms with E-state index in [1.54, 1.807) is 42.9 Å². The van der Waals surface area contributed by atoms with Crippen LogP contribution in [0.3, 0.4) is 0 Å². The summed E-state index contributed by atoms with van der Waals surface area (Å²) < 4.78 is 3.59. The fourth-order valence-electron chi connectivity index (χ4n) is 4.21. The van der Waals surface area contributed by atoms with E-state index in [4.69, 9.17) is 23.2 Å². The number of aryl methyl sites for hydroxylation is 2. The zero-order chi connectivity index (χ0) is 23.3. The van der Waals surface area contributed by atoms with Crippen LogP contribution in [0.2, 0.25) is 10.0 Å². The number of carbonyl (C=O) groups excluding carboxylic acids is 1. The lowest BCUT2D eigenvalue weighted by molar-refractivity contribution is 0.103. The molecule has 5 nitrogen and oxygen atoms in total. The van der Waals surface area contributed by atoms with Gasteiger partial charge in [0.2, 0.25) is 0 Å². The van der Waals surface area contributed by atoms with Crippen LogP contribution in [0.15, 0.2) is 59.0 Å². The van der Waals surface area contributed by atoms with Crippen LogP contribution in [0.4, 0.5) is 0 Å². The molecule has 2 heterocycles. The van der Waals surface area contributed by atoms with Gasteiger partial charge in [-0.3, -0.25) is 14.2 Å². The minimum Gasteiger partial charge on any atom is -0.383 e. The number of fused-ring (bicyclic) bond motifs is 3. The quantitative estimate of drug-likeness (QED) is 0.287. The molecule has 4 aromatic rings. The van der Waals surface area contributed by atoms with Crippen molar-refractivity contribution in [3.63, 3.8) is 0 Å². The summed E-state index contributed by atoms with van der Waals surface area (Å²) in [5, 5.41) is 2.68. The van der Waals surface area contributed by atoms with Gasteiger partial charge < -0.3 is 9.47 Å². The number of rotatable bonds is 4. The van der Waals surface area contributed by atoms with Crippen LogP contribution in [0, 0.1) is 0 Å². The van der Waals surface area contributed by atoms with Gasteiger partial charge in [-0.25, -0.2) is 0 Å². The van der Waals surface area contributed by atoms with Crippen LogP contribution in [0.25, 0.3) is 33.1 Å². The highest BCUT2D eigenvalue weighted by atomic mass is 35.5. The number of hydrogen-bond acceptors (Lipinski definition) is 3. The highest BCUT2D eigenvalue weighted by Crippen LogP contribution is 2.34. The van der Waals surface area contributed by atoms with Crippen LogP contribution in [0.5, 0.6) is 0 Å². The molecule has 0 saturated heterocycles. The zero-order valence-corrected chi connectivity index (χ0v) is 20.0.